The lowest BCUT2D eigenvalue weighted by Crippen LogP contribution is -2.40. The van der Waals surface area contributed by atoms with E-state index in [0.29, 0.717) is 13.2 Å². The number of nitrogens with zero attached hydrogens (tertiary/aromatic N) is 1. The van der Waals surface area contributed by atoms with E-state index in [9.17, 15) is 4.79 Å². The summed E-state index contributed by atoms with van der Waals surface area (Å²) in [4.78, 5) is 15.8. The van der Waals surface area contributed by atoms with Crippen LogP contribution < -0.4 is 0 Å². The van der Waals surface area contributed by atoms with E-state index >= 15 is 0 Å². The number of hydrogen-bond acceptors (Lipinski definition) is 4. The molecule has 142 valence electrons. The number of ether oxygens (including phenoxy) is 3. The lowest BCUT2D eigenvalue weighted by atomic mass is 9.91. The zero-order valence-corrected chi connectivity index (χ0v) is 15.8. The molecule has 0 radical (unpaired) electrons. The summed E-state index contributed by atoms with van der Waals surface area (Å²) in [5.74, 6) is -0.374. The summed E-state index contributed by atoms with van der Waals surface area (Å²) in [7, 11) is 0. The fourth-order valence-corrected chi connectivity index (χ4v) is 3.24. The highest BCUT2D eigenvalue weighted by Gasteiger charge is 2.38. The largest absolute Gasteiger partial charge is 0.454 e. The number of hydrogen-bond donors (Lipinski definition) is 0. The van der Waals surface area contributed by atoms with Gasteiger partial charge in [-0.3, -0.25) is 0 Å². The second-order valence-corrected chi connectivity index (χ2v) is 6.84. The van der Waals surface area contributed by atoms with Gasteiger partial charge in [0.2, 0.25) is 0 Å². The fraction of sp³-hybridized carbons (Fsp3) is 0.619. The third-order valence-corrected chi connectivity index (χ3v) is 4.69. The van der Waals surface area contributed by atoms with Gasteiger partial charge in [-0.1, -0.05) is 54.9 Å². The first kappa shape index (κ1) is 20.4. The van der Waals surface area contributed by atoms with Gasteiger partial charge < -0.3 is 14.2 Å². The molecule has 26 heavy (non-hydrogen) atoms. The van der Waals surface area contributed by atoms with E-state index in [0.717, 1.165) is 25.7 Å². The second kappa shape index (κ2) is 10.9. The third kappa shape index (κ3) is 6.12. The number of carbonyl (C=O) groups is 1. The van der Waals surface area contributed by atoms with E-state index in [1.165, 1.54) is 5.56 Å². The van der Waals surface area contributed by atoms with Gasteiger partial charge in [0, 0.05) is 12.5 Å². The Morgan fingerprint density at radius 3 is 2.69 bits per heavy atom. The van der Waals surface area contributed by atoms with E-state index in [4.69, 9.17) is 20.8 Å². The summed E-state index contributed by atoms with van der Waals surface area (Å²) < 4.78 is 17.5. The highest BCUT2D eigenvalue weighted by Crippen LogP contribution is 2.23. The Hall–Kier alpha value is -1.90. The Morgan fingerprint density at radius 1 is 1.23 bits per heavy atom. The summed E-state index contributed by atoms with van der Waals surface area (Å²) in [6.07, 6.45) is 3.43. The summed E-state index contributed by atoms with van der Waals surface area (Å²) in [5, 5.41) is 0. The van der Waals surface area contributed by atoms with Gasteiger partial charge in [-0.25, -0.2) is 4.79 Å². The summed E-state index contributed by atoms with van der Waals surface area (Å²) in [6.45, 7) is 10.6. The zero-order chi connectivity index (χ0) is 18.8. The average molecular weight is 360 g/mol. The predicted octanol–water partition coefficient (Wildman–Crippen LogP) is 3.71. The molecule has 0 amide bonds. The molecule has 5 nitrogen and oxygen atoms in total. The van der Waals surface area contributed by atoms with Crippen molar-refractivity contribution < 1.29 is 19.0 Å². The molecule has 1 aliphatic rings. The van der Waals surface area contributed by atoms with Crippen LogP contribution in [0.2, 0.25) is 0 Å². The van der Waals surface area contributed by atoms with E-state index in [2.05, 4.69) is 23.9 Å². The molecular formula is C21H30NO4+. The van der Waals surface area contributed by atoms with Crippen molar-refractivity contribution in [1.82, 2.24) is 0 Å². The Balaban J connectivity index is 2.14. The van der Waals surface area contributed by atoms with Gasteiger partial charge in [-0.15, -0.1) is 0 Å². The summed E-state index contributed by atoms with van der Waals surface area (Å²) in [5.41, 5.74) is 1.21. The van der Waals surface area contributed by atoms with Crippen LogP contribution in [0.4, 0.5) is 0 Å². The number of esters is 1. The van der Waals surface area contributed by atoms with Gasteiger partial charge in [0.05, 0.1) is 12.7 Å². The molecule has 1 aromatic carbocycles. The second-order valence-electron chi connectivity index (χ2n) is 6.84. The molecule has 4 atom stereocenters. The topological polar surface area (TPSA) is 49.1 Å². The molecule has 1 saturated heterocycles. The molecule has 0 aliphatic carbocycles. The quantitative estimate of drug-likeness (QED) is 0.549. The molecule has 1 heterocycles. The van der Waals surface area contributed by atoms with Crippen molar-refractivity contribution >= 4 is 5.97 Å². The van der Waals surface area contributed by atoms with Crippen LogP contribution >= 0.6 is 0 Å². The predicted molar refractivity (Wildman–Crippen MR) is 101 cm³/mol. The highest BCUT2D eigenvalue weighted by molar-refractivity contribution is 5.78. The van der Waals surface area contributed by atoms with Crippen molar-refractivity contribution in [3.05, 3.63) is 40.7 Å². The maximum absolute atomic E-state index is 12.2. The van der Waals surface area contributed by atoms with Gasteiger partial charge in [-0.2, -0.15) is 0 Å². The lowest BCUT2D eigenvalue weighted by Gasteiger charge is -2.30. The molecule has 5 heteroatoms. The number of benzene rings is 1. The van der Waals surface area contributed by atoms with Gasteiger partial charge >= 0.3 is 12.0 Å². The molecule has 0 saturated carbocycles. The van der Waals surface area contributed by atoms with E-state index in [1.54, 1.807) is 0 Å². The monoisotopic (exact) mass is 360 g/mol. The standard InChI is InChI=1S/C21H30NO4/c1-4-5-9-12-25-20-16(2)26-21(23)19(22-3)15-24-14-18(20)13-17-10-7-6-8-11-17/h3,6-8,10-11,16,18-20H,4-5,9,12-15H2,1-2H3/q+1/t16-,18-,19-,20-/m0/s1. The zero-order valence-electron chi connectivity index (χ0n) is 15.8. The Labute approximate surface area is 156 Å². The third-order valence-electron chi connectivity index (χ3n) is 4.69. The molecule has 0 aromatic heterocycles. The van der Waals surface area contributed by atoms with Crippen LogP contribution in [0.3, 0.4) is 0 Å². The van der Waals surface area contributed by atoms with Crippen molar-refractivity contribution in [2.75, 3.05) is 19.8 Å². The molecule has 0 N–H and O–H groups in total. The van der Waals surface area contributed by atoms with E-state index in [-0.39, 0.29) is 24.7 Å². The minimum atomic E-state index is -0.784. The first-order valence-corrected chi connectivity index (χ1v) is 9.49. The maximum Gasteiger partial charge on any atom is 0.397 e. The molecule has 0 unspecified atom stereocenters. The summed E-state index contributed by atoms with van der Waals surface area (Å²) in [6, 6.07) is 9.45. The van der Waals surface area contributed by atoms with Crippen LogP contribution in [0.15, 0.2) is 30.3 Å². The number of rotatable bonds is 7. The van der Waals surface area contributed by atoms with E-state index in [1.807, 2.05) is 25.1 Å². The van der Waals surface area contributed by atoms with Gasteiger partial charge in [-0.05, 0) is 25.3 Å². The fourth-order valence-electron chi connectivity index (χ4n) is 3.24. The van der Waals surface area contributed by atoms with Crippen molar-refractivity contribution in [3.8, 4) is 6.57 Å². The first-order valence-electron chi connectivity index (χ1n) is 9.49. The molecule has 1 aromatic rings. The molecule has 0 bridgehead atoms. The highest BCUT2D eigenvalue weighted by atomic mass is 16.6. The van der Waals surface area contributed by atoms with Crippen molar-refractivity contribution in [1.29, 1.82) is 0 Å². The number of carbonyl (C=O) groups excluding carboxylic acids is 1. The van der Waals surface area contributed by atoms with Crippen LogP contribution in [0.5, 0.6) is 0 Å². The van der Waals surface area contributed by atoms with Gasteiger partial charge in [0.15, 0.2) is 0 Å². The Bertz CT molecular complexity index is 583. The lowest BCUT2D eigenvalue weighted by molar-refractivity contribution is -0.158. The van der Waals surface area contributed by atoms with E-state index < -0.39 is 12.0 Å². The van der Waals surface area contributed by atoms with Gasteiger partial charge in [0.1, 0.15) is 12.7 Å². The maximum atomic E-state index is 12.2. The van der Waals surface area contributed by atoms with Crippen LogP contribution in [0.1, 0.15) is 38.7 Å². The van der Waals surface area contributed by atoms with Crippen molar-refractivity contribution in [3.63, 3.8) is 0 Å². The van der Waals surface area contributed by atoms with Crippen LogP contribution in [-0.2, 0) is 25.4 Å². The van der Waals surface area contributed by atoms with Crippen molar-refractivity contribution in [2.45, 2.75) is 57.8 Å². The molecular weight excluding hydrogens is 330 g/mol. The van der Waals surface area contributed by atoms with Crippen LogP contribution in [0.25, 0.3) is 4.85 Å². The number of cyclic esters (lactones) is 1. The van der Waals surface area contributed by atoms with Crippen LogP contribution in [0, 0.1) is 12.5 Å². The normalized spacial score (nSPS) is 26.9. The molecule has 0 spiro atoms. The first-order chi connectivity index (χ1) is 12.7. The van der Waals surface area contributed by atoms with Crippen LogP contribution in [-0.4, -0.2) is 44.0 Å². The summed E-state index contributed by atoms with van der Waals surface area (Å²) >= 11 is 0. The van der Waals surface area contributed by atoms with Gasteiger partial charge in [0.25, 0.3) is 6.57 Å². The molecule has 2 rings (SSSR count). The molecule has 1 aliphatic heterocycles. The Morgan fingerprint density at radius 2 is 2.00 bits per heavy atom. The number of unbranched alkanes of at least 4 members (excludes halogenated alkanes) is 2. The Kier molecular flexibility index (Phi) is 8.60. The minimum Gasteiger partial charge on any atom is -0.454 e. The van der Waals surface area contributed by atoms with Crippen molar-refractivity contribution in [2.24, 2.45) is 5.92 Å². The smallest absolute Gasteiger partial charge is 0.397 e. The molecule has 1 fully saturated rings. The SMILES string of the molecule is C#[N+][C@H]1COC[C@H](Cc2ccccc2)[C@@H](OCCCCC)[C@H](C)OC1=O. The minimum absolute atomic E-state index is 0.0818. The average Bonchev–Trinajstić information content (AvgIpc) is 2.69.